The largest absolute Gasteiger partial charge is 0.298 e. The molecule has 14 heavy (non-hydrogen) atoms. The maximum atomic E-state index is 3.60. The molecule has 3 rings (SSSR count). The Bertz CT molecular complexity index is 182. The number of hydrogen-bond acceptors (Lipinski definition) is 4. The summed E-state index contributed by atoms with van der Waals surface area (Å²) in [5.74, 6) is 0. The number of rotatable bonds is 0. The summed E-state index contributed by atoms with van der Waals surface area (Å²) in [6.45, 7) is 9.58. The van der Waals surface area contributed by atoms with Crippen LogP contribution in [0.1, 0.15) is 13.3 Å². The molecule has 0 aromatic heterocycles. The van der Waals surface area contributed by atoms with E-state index in [0.717, 1.165) is 13.1 Å². The van der Waals surface area contributed by atoms with Crippen LogP contribution in [0.25, 0.3) is 0 Å². The molecule has 0 aromatic carbocycles. The molecule has 3 aliphatic heterocycles. The normalized spacial score (nSPS) is 44.8. The zero-order chi connectivity index (χ0) is 9.60. The van der Waals surface area contributed by atoms with E-state index in [9.17, 15) is 0 Å². The minimum Gasteiger partial charge on any atom is -0.298 e. The lowest BCUT2D eigenvalue weighted by atomic mass is 9.95. The fourth-order valence-corrected chi connectivity index (χ4v) is 3.29. The van der Waals surface area contributed by atoms with Crippen LogP contribution in [-0.4, -0.2) is 60.9 Å². The van der Waals surface area contributed by atoms with Crippen molar-refractivity contribution in [2.24, 2.45) is 0 Å². The molecule has 0 aromatic rings. The Morgan fingerprint density at radius 3 is 2.14 bits per heavy atom. The second kappa shape index (κ2) is 3.17. The van der Waals surface area contributed by atoms with Gasteiger partial charge in [-0.2, -0.15) is 0 Å². The Morgan fingerprint density at radius 1 is 1.00 bits per heavy atom. The lowest BCUT2D eigenvalue weighted by Crippen LogP contribution is -2.81. The first kappa shape index (κ1) is 9.09. The average molecular weight is 196 g/mol. The molecule has 0 saturated carbocycles. The molecule has 4 nitrogen and oxygen atoms in total. The highest BCUT2D eigenvalue weighted by Crippen LogP contribution is 2.31. The van der Waals surface area contributed by atoms with Gasteiger partial charge in [-0.25, -0.2) is 0 Å². The predicted molar refractivity (Wildman–Crippen MR) is 56.0 cm³/mol. The molecule has 4 heteroatoms. The average Bonchev–Trinajstić information content (AvgIpc) is 2.18. The van der Waals surface area contributed by atoms with E-state index in [4.69, 9.17) is 0 Å². The van der Waals surface area contributed by atoms with Crippen molar-refractivity contribution in [3.8, 4) is 0 Å². The van der Waals surface area contributed by atoms with E-state index in [1.165, 1.54) is 32.6 Å². The van der Waals surface area contributed by atoms with Crippen LogP contribution < -0.4 is 10.6 Å². The molecule has 0 bridgehead atoms. The Labute approximate surface area is 85.6 Å². The van der Waals surface area contributed by atoms with Gasteiger partial charge in [0.25, 0.3) is 0 Å². The lowest BCUT2D eigenvalue weighted by Gasteiger charge is -2.61. The van der Waals surface area contributed by atoms with Crippen molar-refractivity contribution in [2.75, 3.05) is 39.3 Å². The van der Waals surface area contributed by atoms with E-state index in [0.29, 0.717) is 6.17 Å². The van der Waals surface area contributed by atoms with Crippen LogP contribution >= 0.6 is 0 Å². The van der Waals surface area contributed by atoms with E-state index < -0.39 is 0 Å². The van der Waals surface area contributed by atoms with Gasteiger partial charge in [-0.3, -0.25) is 20.4 Å². The minimum absolute atomic E-state index is 0.231. The van der Waals surface area contributed by atoms with Crippen LogP contribution in [0, 0.1) is 0 Å². The highest BCUT2D eigenvalue weighted by molar-refractivity contribution is 5.03. The smallest absolute Gasteiger partial charge is 0.100 e. The Kier molecular flexibility index (Phi) is 2.06. The van der Waals surface area contributed by atoms with E-state index in [1.807, 2.05) is 0 Å². The summed E-state index contributed by atoms with van der Waals surface area (Å²) in [5, 5.41) is 7.19. The minimum atomic E-state index is 0.231. The second-order valence-corrected chi connectivity index (χ2v) is 4.76. The first-order valence-corrected chi connectivity index (χ1v) is 5.79. The molecule has 3 aliphatic rings. The van der Waals surface area contributed by atoms with E-state index >= 15 is 0 Å². The maximum Gasteiger partial charge on any atom is 0.100 e. The Morgan fingerprint density at radius 2 is 1.57 bits per heavy atom. The number of nitrogens with one attached hydrogen (secondary N) is 2. The van der Waals surface area contributed by atoms with Crippen molar-refractivity contribution in [1.82, 2.24) is 20.4 Å². The van der Waals surface area contributed by atoms with Crippen LogP contribution in [0.5, 0.6) is 0 Å². The Balaban J connectivity index is 1.93. The third-order valence-electron chi connectivity index (χ3n) is 4.14. The van der Waals surface area contributed by atoms with Gasteiger partial charge in [0.05, 0.1) is 6.17 Å². The first-order valence-electron chi connectivity index (χ1n) is 5.79. The summed E-state index contributed by atoms with van der Waals surface area (Å²) in [6, 6.07) is 0. The summed E-state index contributed by atoms with van der Waals surface area (Å²) >= 11 is 0. The molecule has 0 atom stereocenters. The SMILES string of the molecule is CC12C3NCCN1CCCN2CCN3. The summed E-state index contributed by atoms with van der Waals surface area (Å²) in [7, 11) is 0. The van der Waals surface area contributed by atoms with Gasteiger partial charge in [0.1, 0.15) is 5.66 Å². The maximum absolute atomic E-state index is 3.60. The van der Waals surface area contributed by atoms with Crippen molar-refractivity contribution in [3.63, 3.8) is 0 Å². The fraction of sp³-hybridized carbons (Fsp3) is 1.00. The van der Waals surface area contributed by atoms with Gasteiger partial charge in [0.15, 0.2) is 0 Å². The molecule has 0 spiro atoms. The number of nitrogens with zero attached hydrogens (tertiary/aromatic N) is 2. The summed E-state index contributed by atoms with van der Waals surface area (Å²) < 4.78 is 0. The molecular formula is C10H20N4. The quantitative estimate of drug-likeness (QED) is 0.533. The van der Waals surface area contributed by atoms with Gasteiger partial charge in [-0.1, -0.05) is 0 Å². The van der Waals surface area contributed by atoms with Gasteiger partial charge >= 0.3 is 0 Å². The molecule has 80 valence electrons. The lowest BCUT2D eigenvalue weighted by molar-refractivity contribution is -0.141. The van der Waals surface area contributed by atoms with Crippen molar-refractivity contribution in [2.45, 2.75) is 25.2 Å². The summed E-state index contributed by atoms with van der Waals surface area (Å²) in [4.78, 5) is 5.29. The van der Waals surface area contributed by atoms with Gasteiger partial charge in [0.2, 0.25) is 0 Å². The van der Waals surface area contributed by atoms with Crippen molar-refractivity contribution >= 4 is 0 Å². The zero-order valence-electron chi connectivity index (χ0n) is 8.92. The second-order valence-electron chi connectivity index (χ2n) is 4.76. The van der Waals surface area contributed by atoms with Gasteiger partial charge in [-0.15, -0.1) is 0 Å². The third-order valence-corrected chi connectivity index (χ3v) is 4.14. The van der Waals surface area contributed by atoms with Crippen LogP contribution in [0.3, 0.4) is 0 Å². The molecule has 0 radical (unpaired) electrons. The van der Waals surface area contributed by atoms with E-state index in [-0.39, 0.29) is 5.66 Å². The molecule has 3 heterocycles. The van der Waals surface area contributed by atoms with Crippen molar-refractivity contribution in [1.29, 1.82) is 0 Å². The van der Waals surface area contributed by atoms with Gasteiger partial charge in [-0.05, 0) is 13.3 Å². The van der Waals surface area contributed by atoms with Gasteiger partial charge < -0.3 is 0 Å². The van der Waals surface area contributed by atoms with Gasteiger partial charge in [0, 0.05) is 39.3 Å². The monoisotopic (exact) mass is 196 g/mol. The van der Waals surface area contributed by atoms with Crippen LogP contribution in [0.4, 0.5) is 0 Å². The van der Waals surface area contributed by atoms with E-state index in [1.54, 1.807) is 0 Å². The van der Waals surface area contributed by atoms with Crippen LogP contribution in [0.2, 0.25) is 0 Å². The van der Waals surface area contributed by atoms with Crippen LogP contribution in [0.15, 0.2) is 0 Å². The molecular weight excluding hydrogens is 176 g/mol. The molecule has 0 amide bonds. The highest BCUT2D eigenvalue weighted by atomic mass is 15.5. The molecule has 0 aliphatic carbocycles. The molecule has 3 saturated heterocycles. The van der Waals surface area contributed by atoms with Crippen molar-refractivity contribution in [3.05, 3.63) is 0 Å². The standard InChI is InChI=1S/C10H20N4/c1-10-9-11-3-7-13(10)5-2-6-14(10)8-4-12-9/h9,11-12H,2-8H2,1H3. The molecule has 2 N–H and O–H groups in total. The van der Waals surface area contributed by atoms with E-state index in [2.05, 4.69) is 27.4 Å². The summed E-state index contributed by atoms with van der Waals surface area (Å²) in [6.07, 6.45) is 1.80. The number of piperazine rings is 2. The number of hydrogen-bond donors (Lipinski definition) is 2. The highest BCUT2D eigenvalue weighted by Gasteiger charge is 2.50. The zero-order valence-corrected chi connectivity index (χ0v) is 8.92. The predicted octanol–water partition coefficient (Wildman–Crippen LogP) is -0.757. The first-order chi connectivity index (χ1) is 6.82. The topological polar surface area (TPSA) is 30.5 Å². The Hall–Kier alpha value is -0.160. The fourth-order valence-electron chi connectivity index (χ4n) is 3.29. The molecule has 3 fully saturated rings. The third kappa shape index (κ3) is 1.08. The van der Waals surface area contributed by atoms with Crippen molar-refractivity contribution < 1.29 is 0 Å². The molecule has 0 unspecified atom stereocenters. The summed E-state index contributed by atoms with van der Waals surface area (Å²) in [5.41, 5.74) is 0.231. The van der Waals surface area contributed by atoms with Crippen LogP contribution in [-0.2, 0) is 0 Å².